The number of unbranched alkanes of at least 4 members (excludes halogenated alkanes) is 3. The SMILES string of the molecule is CCCCCCC(Nc1cccc(Cl)c1)C(=O)OCC. The minimum absolute atomic E-state index is 0.191. The average Bonchev–Trinajstić information content (AvgIpc) is 2.42. The summed E-state index contributed by atoms with van der Waals surface area (Å²) in [6.45, 7) is 4.40. The zero-order valence-corrected chi connectivity index (χ0v) is 13.1. The minimum atomic E-state index is -0.301. The summed E-state index contributed by atoms with van der Waals surface area (Å²) in [7, 11) is 0. The summed E-state index contributed by atoms with van der Waals surface area (Å²) < 4.78 is 5.13. The Kier molecular flexibility index (Phi) is 8.12. The van der Waals surface area contributed by atoms with Gasteiger partial charge in [0, 0.05) is 10.7 Å². The van der Waals surface area contributed by atoms with E-state index in [1.165, 1.54) is 12.8 Å². The molecule has 3 nitrogen and oxygen atoms in total. The fourth-order valence-corrected chi connectivity index (χ4v) is 2.24. The highest BCUT2D eigenvalue weighted by Gasteiger charge is 2.19. The normalized spacial score (nSPS) is 11.9. The van der Waals surface area contributed by atoms with E-state index >= 15 is 0 Å². The van der Waals surface area contributed by atoms with E-state index < -0.39 is 0 Å². The number of ether oxygens (including phenoxy) is 1. The third kappa shape index (κ3) is 6.29. The summed E-state index contributed by atoms with van der Waals surface area (Å²) in [6, 6.07) is 7.10. The number of nitrogens with one attached hydrogen (secondary N) is 1. The van der Waals surface area contributed by atoms with Gasteiger partial charge in [-0.15, -0.1) is 0 Å². The molecule has 1 N–H and O–H groups in total. The van der Waals surface area contributed by atoms with Gasteiger partial charge in [-0.05, 0) is 31.5 Å². The first-order valence-electron chi connectivity index (χ1n) is 7.36. The molecule has 0 saturated carbocycles. The van der Waals surface area contributed by atoms with Crippen LogP contribution in [0, 0.1) is 0 Å². The van der Waals surface area contributed by atoms with Crippen molar-refractivity contribution in [1.29, 1.82) is 0 Å². The molecule has 20 heavy (non-hydrogen) atoms. The predicted molar refractivity (Wildman–Crippen MR) is 84.3 cm³/mol. The van der Waals surface area contributed by atoms with E-state index in [1.54, 1.807) is 0 Å². The number of rotatable bonds is 9. The Balaban J connectivity index is 2.59. The number of carbonyl (C=O) groups is 1. The summed E-state index contributed by atoms with van der Waals surface area (Å²) in [5.41, 5.74) is 0.853. The molecule has 0 aliphatic rings. The number of hydrogen-bond donors (Lipinski definition) is 1. The molecule has 0 aliphatic heterocycles. The number of halogens is 1. The number of benzene rings is 1. The van der Waals surface area contributed by atoms with Crippen LogP contribution in [0.1, 0.15) is 46.0 Å². The highest BCUT2D eigenvalue weighted by molar-refractivity contribution is 6.30. The molecule has 4 heteroatoms. The molecule has 0 heterocycles. The largest absolute Gasteiger partial charge is 0.464 e. The first-order valence-corrected chi connectivity index (χ1v) is 7.74. The van der Waals surface area contributed by atoms with Gasteiger partial charge in [0.15, 0.2) is 0 Å². The van der Waals surface area contributed by atoms with E-state index in [2.05, 4.69) is 12.2 Å². The van der Waals surface area contributed by atoms with Crippen molar-refractivity contribution in [2.45, 2.75) is 52.0 Å². The average molecular weight is 298 g/mol. The van der Waals surface area contributed by atoms with Crippen molar-refractivity contribution in [3.05, 3.63) is 29.3 Å². The quantitative estimate of drug-likeness (QED) is 0.532. The lowest BCUT2D eigenvalue weighted by atomic mass is 10.1. The molecule has 0 saturated heterocycles. The van der Waals surface area contributed by atoms with Crippen LogP contribution in [0.15, 0.2) is 24.3 Å². The molecule has 112 valence electrons. The second kappa shape index (κ2) is 9.65. The second-order valence-corrected chi connectivity index (χ2v) is 5.25. The van der Waals surface area contributed by atoms with Gasteiger partial charge >= 0.3 is 5.97 Å². The number of anilines is 1. The molecular weight excluding hydrogens is 274 g/mol. The van der Waals surface area contributed by atoms with Gasteiger partial charge in [-0.1, -0.05) is 50.3 Å². The van der Waals surface area contributed by atoms with E-state index in [9.17, 15) is 4.79 Å². The maximum absolute atomic E-state index is 12.0. The summed E-state index contributed by atoms with van der Waals surface area (Å²) >= 11 is 5.96. The molecular formula is C16H24ClNO2. The van der Waals surface area contributed by atoms with Crippen LogP contribution in [-0.2, 0) is 9.53 Å². The maximum Gasteiger partial charge on any atom is 0.328 e. The first kappa shape index (κ1) is 16.8. The lowest BCUT2D eigenvalue weighted by Crippen LogP contribution is -2.31. The number of hydrogen-bond acceptors (Lipinski definition) is 3. The van der Waals surface area contributed by atoms with Crippen LogP contribution in [0.25, 0.3) is 0 Å². The van der Waals surface area contributed by atoms with E-state index in [1.807, 2.05) is 31.2 Å². The van der Waals surface area contributed by atoms with Crippen molar-refractivity contribution in [3.8, 4) is 0 Å². The van der Waals surface area contributed by atoms with Gasteiger partial charge in [0.2, 0.25) is 0 Å². The molecule has 0 radical (unpaired) electrons. The third-order valence-corrected chi connectivity index (χ3v) is 3.32. The van der Waals surface area contributed by atoms with Gasteiger partial charge in [-0.3, -0.25) is 0 Å². The summed E-state index contributed by atoms with van der Waals surface area (Å²) in [6.07, 6.45) is 5.33. The molecule has 0 amide bonds. The molecule has 1 aromatic rings. The Morgan fingerprint density at radius 1 is 1.30 bits per heavy atom. The van der Waals surface area contributed by atoms with Crippen molar-refractivity contribution in [1.82, 2.24) is 0 Å². The van der Waals surface area contributed by atoms with Crippen molar-refractivity contribution >= 4 is 23.3 Å². The van der Waals surface area contributed by atoms with Gasteiger partial charge < -0.3 is 10.1 Å². The molecule has 1 unspecified atom stereocenters. The van der Waals surface area contributed by atoms with Gasteiger partial charge in [-0.25, -0.2) is 4.79 Å². The Morgan fingerprint density at radius 2 is 2.10 bits per heavy atom. The molecule has 1 rings (SSSR count). The van der Waals surface area contributed by atoms with E-state index in [4.69, 9.17) is 16.3 Å². The van der Waals surface area contributed by atoms with Crippen LogP contribution in [0.5, 0.6) is 0 Å². The molecule has 0 aliphatic carbocycles. The Hall–Kier alpha value is -1.22. The van der Waals surface area contributed by atoms with Crippen molar-refractivity contribution < 1.29 is 9.53 Å². The van der Waals surface area contributed by atoms with Crippen LogP contribution in [-0.4, -0.2) is 18.6 Å². The highest BCUT2D eigenvalue weighted by atomic mass is 35.5. The van der Waals surface area contributed by atoms with Crippen LogP contribution in [0.4, 0.5) is 5.69 Å². The first-order chi connectivity index (χ1) is 9.67. The van der Waals surface area contributed by atoms with E-state index in [0.29, 0.717) is 11.6 Å². The van der Waals surface area contributed by atoms with Crippen LogP contribution in [0.2, 0.25) is 5.02 Å². The lowest BCUT2D eigenvalue weighted by Gasteiger charge is -2.18. The van der Waals surface area contributed by atoms with Gasteiger partial charge in [0.05, 0.1) is 6.61 Å². The van der Waals surface area contributed by atoms with Crippen molar-refractivity contribution in [2.24, 2.45) is 0 Å². The Morgan fingerprint density at radius 3 is 2.75 bits per heavy atom. The molecule has 0 fully saturated rings. The highest BCUT2D eigenvalue weighted by Crippen LogP contribution is 2.18. The van der Waals surface area contributed by atoms with Crippen LogP contribution in [0.3, 0.4) is 0 Å². The number of carbonyl (C=O) groups excluding carboxylic acids is 1. The molecule has 1 aromatic carbocycles. The van der Waals surface area contributed by atoms with Gasteiger partial charge in [-0.2, -0.15) is 0 Å². The monoisotopic (exact) mass is 297 g/mol. The topological polar surface area (TPSA) is 38.3 Å². The fraction of sp³-hybridized carbons (Fsp3) is 0.562. The summed E-state index contributed by atoms with van der Waals surface area (Å²) in [5, 5.41) is 3.88. The zero-order chi connectivity index (χ0) is 14.8. The molecule has 0 spiro atoms. The number of esters is 1. The minimum Gasteiger partial charge on any atom is -0.464 e. The molecule has 0 aromatic heterocycles. The van der Waals surface area contributed by atoms with Crippen molar-refractivity contribution in [2.75, 3.05) is 11.9 Å². The van der Waals surface area contributed by atoms with E-state index in [-0.39, 0.29) is 12.0 Å². The van der Waals surface area contributed by atoms with Crippen molar-refractivity contribution in [3.63, 3.8) is 0 Å². The second-order valence-electron chi connectivity index (χ2n) is 4.81. The fourth-order valence-electron chi connectivity index (χ4n) is 2.05. The van der Waals surface area contributed by atoms with Gasteiger partial charge in [0.1, 0.15) is 6.04 Å². The predicted octanol–water partition coefficient (Wildman–Crippen LogP) is 4.65. The lowest BCUT2D eigenvalue weighted by molar-refractivity contribution is -0.144. The van der Waals surface area contributed by atoms with E-state index in [0.717, 1.165) is 24.9 Å². The molecule has 0 bridgehead atoms. The third-order valence-electron chi connectivity index (χ3n) is 3.08. The Bertz CT molecular complexity index is 409. The maximum atomic E-state index is 12.0. The van der Waals surface area contributed by atoms with Crippen LogP contribution < -0.4 is 5.32 Å². The standard InChI is InChI=1S/C16H24ClNO2/c1-3-5-6-7-11-15(16(19)20-4-2)18-14-10-8-9-13(17)12-14/h8-10,12,15,18H,3-7,11H2,1-2H3. The summed E-state index contributed by atoms with van der Waals surface area (Å²) in [4.78, 5) is 12.0. The smallest absolute Gasteiger partial charge is 0.328 e. The van der Waals surface area contributed by atoms with Gasteiger partial charge in [0.25, 0.3) is 0 Å². The van der Waals surface area contributed by atoms with Crippen LogP contribution >= 0.6 is 11.6 Å². The molecule has 1 atom stereocenters. The Labute approximate surface area is 126 Å². The zero-order valence-electron chi connectivity index (χ0n) is 12.3. The summed E-state index contributed by atoms with van der Waals surface area (Å²) in [5.74, 6) is -0.191.